The highest BCUT2D eigenvalue weighted by atomic mass is 16.5. The summed E-state index contributed by atoms with van der Waals surface area (Å²) in [4.78, 5) is 28.8. The second kappa shape index (κ2) is 12.4. The lowest BCUT2D eigenvalue weighted by Gasteiger charge is -2.27. The van der Waals surface area contributed by atoms with Gasteiger partial charge in [0.25, 0.3) is 11.7 Å². The zero-order chi connectivity index (χ0) is 31.6. The zero-order valence-electron chi connectivity index (χ0n) is 26.1. The first-order valence-electron chi connectivity index (χ1n) is 14.9. The Hall–Kier alpha value is -4.84. The van der Waals surface area contributed by atoms with E-state index in [1.165, 1.54) is 4.90 Å². The molecular weight excluding hydrogens is 550 g/mol. The van der Waals surface area contributed by atoms with Crippen LogP contribution in [0, 0.1) is 6.92 Å². The van der Waals surface area contributed by atoms with Crippen LogP contribution in [-0.4, -0.2) is 22.9 Å². The Balaban J connectivity index is 1.56. The number of rotatable bonds is 8. The molecule has 0 aromatic heterocycles. The van der Waals surface area contributed by atoms with Gasteiger partial charge >= 0.3 is 0 Å². The van der Waals surface area contributed by atoms with Gasteiger partial charge in [-0.1, -0.05) is 75.4 Å². The third-order valence-corrected chi connectivity index (χ3v) is 7.71. The van der Waals surface area contributed by atoms with Crippen LogP contribution in [0.1, 0.15) is 68.5 Å². The van der Waals surface area contributed by atoms with Gasteiger partial charge in [-0.2, -0.15) is 0 Å². The number of nitrogens with zero attached hydrogens (tertiary/aromatic N) is 1. The van der Waals surface area contributed by atoms with E-state index in [4.69, 9.17) is 9.47 Å². The Morgan fingerprint density at radius 2 is 1.55 bits per heavy atom. The molecular formula is C38H39NO5. The maximum Gasteiger partial charge on any atom is 0.300 e. The number of ketones is 1. The first-order chi connectivity index (χ1) is 20.9. The van der Waals surface area contributed by atoms with Gasteiger partial charge in [0.15, 0.2) is 0 Å². The highest BCUT2D eigenvalue weighted by Crippen LogP contribution is 2.43. The van der Waals surface area contributed by atoms with E-state index in [0.29, 0.717) is 34.9 Å². The number of aliphatic hydroxyl groups excluding tert-OH is 1. The van der Waals surface area contributed by atoms with Crippen LogP contribution in [0.2, 0.25) is 0 Å². The molecule has 5 rings (SSSR count). The molecule has 0 saturated carbocycles. The Morgan fingerprint density at radius 3 is 2.14 bits per heavy atom. The van der Waals surface area contributed by atoms with Gasteiger partial charge < -0.3 is 14.6 Å². The van der Waals surface area contributed by atoms with Gasteiger partial charge in [0.1, 0.15) is 23.9 Å². The number of ether oxygens (including phenoxy) is 2. The molecule has 1 aliphatic heterocycles. The van der Waals surface area contributed by atoms with Gasteiger partial charge in [0.2, 0.25) is 0 Å². The topological polar surface area (TPSA) is 76.1 Å². The van der Waals surface area contributed by atoms with Crippen molar-refractivity contribution < 1.29 is 24.2 Å². The van der Waals surface area contributed by atoms with E-state index in [-0.39, 0.29) is 22.9 Å². The van der Waals surface area contributed by atoms with E-state index in [2.05, 4.69) is 20.8 Å². The normalized spacial score (nSPS) is 16.4. The fourth-order valence-electron chi connectivity index (χ4n) is 5.39. The third-order valence-electron chi connectivity index (χ3n) is 7.71. The van der Waals surface area contributed by atoms with Crippen LogP contribution in [-0.2, 0) is 21.6 Å². The third kappa shape index (κ3) is 6.40. The van der Waals surface area contributed by atoms with Crippen molar-refractivity contribution in [2.45, 2.75) is 65.7 Å². The summed E-state index contributed by atoms with van der Waals surface area (Å²) >= 11 is 0. The van der Waals surface area contributed by atoms with E-state index >= 15 is 0 Å². The van der Waals surface area contributed by atoms with Crippen molar-refractivity contribution >= 4 is 23.1 Å². The fourth-order valence-corrected chi connectivity index (χ4v) is 5.39. The monoisotopic (exact) mass is 589 g/mol. The van der Waals surface area contributed by atoms with Crippen LogP contribution in [0.15, 0.2) is 103 Å². The number of hydrogen-bond acceptors (Lipinski definition) is 5. The number of amides is 1. The largest absolute Gasteiger partial charge is 0.507 e. The van der Waals surface area contributed by atoms with Gasteiger partial charge in [0.05, 0.1) is 17.7 Å². The molecule has 226 valence electrons. The van der Waals surface area contributed by atoms with Crippen molar-refractivity contribution in [2.75, 3.05) is 4.90 Å². The Morgan fingerprint density at radius 1 is 0.886 bits per heavy atom. The molecule has 1 fully saturated rings. The standard InChI is InChI=1S/C38H39NO5/c1-24(2)44-31-19-12-27(13-20-31)34-33(36(41)37(42)39(34)30-17-15-29(16-18-30)38(4,5)6)35(40)28-14-21-32(25(3)22-28)43-23-26-10-8-7-9-11-26/h7-22,24,34,40H,23H2,1-6H3/b35-33-. The maximum atomic E-state index is 13.7. The highest BCUT2D eigenvalue weighted by molar-refractivity contribution is 6.51. The van der Waals surface area contributed by atoms with Crippen LogP contribution in [0.5, 0.6) is 11.5 Å². The minimum atomic E-state index is -0.835. The number of benzene rings is 4. The molecule has 4 aromatic carbocycles. The molecule has 1 heterocycles. The Labute approximate surface area is 259 Å². The first-order valence-corrected chi connectivity index (χ1v) is 14.9. The van der Waals surface area contributed by atoms with Crippen LogP contribution < -0.4 is 14.4 Å². The number of Topliss-reactive ketones (excluding diaryl/α,β-unsaturated/α-hetero) is 1. The number of aliphatic hydroxyl groups is 1. The predicted octanol–water partition coefficient (Wildman–Crippen LogP) is 8.29. The second-order valence-electron chi connectivity index (χ2n) is 12.5. The molecule has 6 heteroatoms. The molecule has 1 N–H and O–H groups in total. The van der Waals surface area contributed by atoms with Gasteiger partial charge in [-0.25, -0.2) is 0 Å². The summed E-state index contributed by atoms with van der Waals surface area (Å²) in [6.45, 7) is 12.5. The fraction of sp³-hybridized carbons (Fsp3) is 0.263. The molecule has 0 spiro atoms. The molecule has 44 heavy (non-hydrogen) atoms. The minimum Gasteiger partial charge on any atom is -0.507 e. The molecule has 0 radical (unpaired) electrons. The Kier molecular flexibility index (Phi) is 8.63. The van der Waals surface area contributed by atoms with E-state index < -0.39 is 17.7 Å². The molecule has 1 saturated heterocycles. The lowest BCUT2D eigenvalue weighted by Crippen LogP contribution is -2.29. The van der Waals surface area contributed by atoms with Crippen molar-refractivity contribution in [3.8, 4) is 11.5 Å². The summed E-state index contributed by atoms with van der Waals surface area (Å²) in [7, 11) is 0. The van der Waals surface area contributed by atoms with E-state index in [1.54, 1.807) is 18.2 Å². The van der Waals surface area contributed by atoms with E-state index in [1.807, 2.05) is 99.6 Å². The summed E-state index contributed by atoms with van der Waals surface area (Å²) in [5.41, 5.74) is 4.59. The second-order valence-corrected chi connectivity index (χ2v) is 12.5. The molecule has 6 nitrogen and oxygen atoms in total. The number of aryl methyl sites for hydroxylation is 1. The molecule has 1 amide bonds. The number of carbonyl (C=O) groups excluding carboxylic acids is 2. The number of hydrogen-bond donors (Lipinski definition) is 1. The van der Waals surface area contributed by atoms with Crippen LogP contribution in [0.3, 0.4) is 0 Å². The molecule has 0 aliphatic carbocycles. The first kappa shape index (κ1) is 30.6. The van der Waals surface area contributed by atoms with Gasteiger partial charge in [-0.3, -0.25) is 14.5 Å². The summed E-state index contributed by atoms with van der Waals surface area (Å²) < 4.78 is 11.8. The van der Waals surface area contributed by atoms with Crippen LogP contribution in [0.25, 0.3) is 5.76 Å². The summed E-state index contributed by atoms with van der Waals surface area (Å²) in [6, 6.07) is 29.3. The van der Waals surface area contributed by atoms with Gasteiger partial charge in [-0.15, -0.1) is 0 Å². The van der Waals surface area contributed by atoms with Crippen molar-refractivity contribution in [3.05, 3.63) is 130 Å². The van der Waals surface area contributed by atoms with Crippen molar-refractivity contribution in [1.82, 2.24) is 0 Å². The minimum absolute atomic E-state index is 0.00398. The van der Waals surface area contributed by atoms with Gasteiger partial charge in [-0.05, 0) is 90.9 Å². The molecule has 4 aromatic rings. The Bertz CT molecular complexity index is 1680. The van der Waals surface area contributed by atoms with Crippen molar-refractivity contribution in [2.24, 2.45) is 0 Å². The summed E-state index contributed by atoms with van der Waals surface area (Å²) in [6.07, 6.45) is -0.00398. The van der Waals surface area contributed by atoms with E-state index in [9.17, 15) is 14.7 Å². The average molecular weight is 590 g/mol. The highest BCUT2D eigenvalue weighted by Gasteiger charge is 2.47. The van der Waals surface area contributed by atoms with Gasteiger partial charge in [0, 0.05) is 11.3 Å². The SMILES string of the molecule is Cc1cc(/C(O)=C2/C(=O)C(=O)N(c3ccc(C(C)(C)C)cc3)C2c2ccc(OC(C)C)cc2)ccc1OCc1ccccc1. The van der Waals surface area contributed by atoms with Crippen LogP contribution >= 0.6 is 0 Å². The van der Waals surface area contributed by atoms with Crippen LogP contribution in [0.4, 0.5) is 5.69 Å². The smallest absolute Gasteiger partial charge is 0.300 e. The molecule has 1 atom stereocenters. The van der Waals surface area contributed by atoms with E-state index in [0.717, 1.165) is 16.7 Å². The van der Waals surface area contributed by atoms with Crippen molar-refractivity contribution in [1.29, 1.82) is 0 Å². The molecule has 1 aliphatic rings. The maximum absolute atomic E-state index is 13.7. The lowest BCUT2D eigenvalue weighted by molar-refractivity contribution is -0.132. The summed E-state index contributed by atoms with van der Waals surface area (Å²) in [5.74, 6) is -0.319. The quantitative estimate of drug-likeness (QED) is 0.127. The molecule has 0 bridgehead atoms. The lowest BCUT2D eigenvalue weighted by atomic mass is 9.87. The summed E-state index contributed by atoms with van der Waals surface area (Å²) in [5, 5.41) is 11.7. The average Bonchev–Trinajstić information content (AvgIpc) is 3.26. The zero-order valence-corrected chi connectivity index (χ0v) is 26.1. The number of anilines is 1. The number of carbonyl (C=O) groups is 2. The molecule has 1 unspecified atom stereocenters. The predicted molar refractivity (Wildman–Crippen MR) is 174 cm³/mol. The van der Waals surface area contributed by atoms with Crippen molar-refractivity contribution in [3.63, 3.8) is 0 Å².